The molecule has 0 saturated carbocycles. The molecule has 0 aliphatic rings. The number of nitrogens with zero attached hydrogens (tertiary/aromatic N) is 2. The summed E-state index contributed by atoms with van der Waals surface area (Å²) in [6.45, 7) is 3.39. The molecule has 0 aliphatic heterocycles. The number of hydrogen-bond donors (Lipinski definition) is 2. The van der Waals surface area contributed by atoms with E-state index in [9.17, 15) is 9.59 Å². The molecular weight excluding hydrogens is 320 g/mol. The molecule has 8 heteroatoms. The van der Waals surface area contributed by atoms with Gasteiger partial charge >= 0.3 is 0 Å². The highest BCUT2D eigenvalue weighted by molar-refractivity contribution is 8.03. The van der Waals surface area contributed by atoms with Crippen molar-refractivity contribution in [3.63, 3.8) is 0 Å². The first-order valence-corrected chi connectivity index (χ1v) is 8.25. The van der Waals surface area contributed by atoms with Crippen LogP contribution in [0.2, 0.25) is 0 Å². The molecule has 0 aliphatic carbocycles. The second kappa shape index (κ2) is 7.37. The number of nitrogens with one attached hydrogen (secondary N) is 2. The maximum Gasteiger partial charge on any atom is 0.240 e. The molecular formula is C14H16N4O2S2. The van der Waals surface area contributed by atoms with Gasteiger partial charge in [-0.25, -0.2) is 0 Å². The second-order valence-electron chi connectivity index (χ2n) is 4.54. The highest BCUT2D eigenvalue weighted by atomic mass is 32.2. The van der Waals surface area contributed by atoms with Gasteiger partial charge in [0.2, 0.25) is 11.0 Å². The first kappa shape index (κ1) is 16.4. The van der Waals surface area contributed by atoms with Crippen LogP contribution in [0, 0.1) is 6.92 Å². The van der Waals surface area contributed by atoms with E-state index in [0.717, 1.165) is 23.0 Å². The molecule has 0 fully saturated rings. The molecule has 2 aromatic rings. The SMILES string of the molecule is CNC(=O)[C@H](Sc1nnc(Nc2ccccc2C)s1)C(C)=O. The Morgan fingerprint density at radius 1 is 1.27 bits per heavy atom. The van der Waals surface area contributed by atoms with Crippen molar-refractivity contribution in [3.05, 3.63) is 29.8 Å². The van der Waals surface area contributed by atoms with Crippen molar-refractivity contribution in [3.8, 4) is 0 Å². The molecule has 1 aromatic carbocycles. The summed E-state index contributed by atoms with van der Waals surface area (Å²) < 4.78 is 0.569. The Morgan fingerprint density at radius 2 is 2.00 bits per heavy atom. The lowest BCUT2D eigenvalue weighted by molar-refractivity contribution is -0.126. The largest absolute Gasteiger partial charge is 0.358 e. The van der Waals surface area contributed by atoms with E-state index in [1.165, 1.54) is 25.3 Å². The van der Waals surface area contributed by atoms with Crippen LogP contribution in [0.5, 0.6) is 0 Å². The fourth-order valence-electron chi connectivity index (χ4n) is 1.69. The number of carbonyl (C=O) groups is 2. The number of rotatable bonds is 6. The smallest absolute Gasteiger partial charge is 0.240 e. The highest BCUT2D eigenvalue weighted by Gasteiger charge is 2.25. The maximum absolute atomic E-state index is 11.7. The predicted octanol–water partition coefficient (Wildman–Crippen LogP) is 2.39. The molecule has 1 heterocycles. The minimum Gasteiger partial charge on any atom is -0.358 e. The molecule has 1 atom stereocenters. The Balaban J connectivity index is 2.09. The summed E-state index contributed by atoms with van der Waals surface area (Å²) in [6, 6.07) is 7.84. The molecule has 2 N–H and O–H groups in total. The first-order valence-electron chi connectivity index (χ1n) is 6.56. The Morgan fingerprint density at radius 3 is 2.64 bits per heavy atom. The standard InChI is InChI=1S/C14H16N4O2S2/c1-8-6-4-5-7-10(8)16-13-17-18-14(22-13)21-11(9(2)19)12(20)15-3/h4-7,11H,1-3H3,(H,15,20)(H,16,17)/t11-/m1/s1. The number of anilines is 2. The number of para-hydroxylation sites is 1. The van der Waals surface area contributed by atoms with Crippen molar-refractivity contribution in [2.75, 3.05) is 12.4 Å². The van der Waals surface area contributed by atoms with Gasteiger partial charge in [-0.05, 0) is 25.5 Å². The van der Waals surface area contributed by atoms with Crippen LogP contribution in [0.4, 0.5) is 10.8 Å². The van der Waals surface area contributed by atoms with Crippen LogP contribution in [0.25, 0.3) is 0 Å². The molecule has 0 bridgehead atoms. The molecule has 0 radical (unpaired) electrons. The summed E-state index contributed by atoms with van der Waals surface area (Å²) in [5, 5.41) is 13.5. The molecule has 6 nitrogen and oxygen atoms in total. The normalized spacial score (nSPS) is 11.8. The second-order valence-corrected chi connectivity index (χ2v) is 6.87. The Labute approximate surface area is 136 Å². The fourth-order valence-corrected chi connectivity index (χ4v) is 3.58. The molecule has 2 rings (SSSR count). The van der Waals surface area contributed by atoms with Crippen LogP contribution in [0.1, 0.15) is 12.5 Å². The molecule has 0 saturated heterocycles. The number of benzene rings is 1. The summed E-state index contributed by atoms with van der Waals surface area (Å²) in [5.41, 5.74) is 2.04. The zero-order chi connectivity index (χ0) is 16.1. The molecule has 0 unspecified atom stereocenters. The highest BCUT2D eigenvalue weighted by Crippen LogP contribution is 2.31. The lowest BCUT2D eigenvalue weighted by Crippen LogP contribution is -2.34. The third-order valence-electron chi connectivity index (χ3n) is 2.87. The molecule has 1 aromatic heterocycles. The fraction of sp³-hybridized carbons (Fsp3) is 0.286. The van der Waals surface area contributed by atoms with Gasteiger partial charge in [-0.3, -0.25) is 9.59 Å². The first-order chi connectivity index (χ1) is 10.5. The van der Waals surface area contributed by atoms with Crippen LogP contribution in [-0.4, -0.2) is 34.2 Å². The number of thioether (sulfide) groups is 1. The number of aromatic nitrogens is 2. The van der Waals surface area contributed by atoms with Crippen molar-refractivity contribution in [2.24, 2.45) is 0 Å². The van der Waals surface area contributed by atoms with Crippen LogP contribution >= 0.6 is 23.1 Å². The maximum atomic E-state index is 11.7. The average Bonchev–Trinajstić information content (AvgIpc) is 2.93. The van der Waals surface area contributed by atoms with Crippen molar-refractivity contribution in [2.45, 2.75) is 23.4 Å². The molecule has 1 amide bonds. The van der Waals surface area contributed by atoms with E-state index in [1.54, 1.807) is 0 Å². The lowest BCUT2D eigenvalue weighted by atomic mass is 10.2. The topological polar surface area (TPSA) is 84.0 Å². The zero-order valence-corrected chi connectivity index (χ0v) is 14.0. The summed E-state index contributed by atoms with van der Waals surface area (Å²) in [6.07, 6.45) is 0. The van der Waals surface area contributed by atoms with E-state index in [4.69, 9.17) is 0 Å². The van der Waals surface area contributed by atoms with Gasteiger partial charge in [0.1, 0.15) is 5.25 Å². The van der Waals surface area contributed by atoms with E-state index in [0.29, 0.717) is 9.47 Å². The Hall–Kier alpha value is -1.93. The van der Waals surface area contributed by atoms with Gasteiger partial charge in [-0.1, -0.05) is 41.3 Å². The van der Waals surface area contributed by atoms with Crippen LogP contribution in [0.15, 0.2) is 28.6 Å². The van der Waals surface area contributed by atoms with Crippen molar-refractivity contribution in [1.29, 1.82) is 0 Å². The summed E-state index contributed by atoms with van der Waals surface area (Å²) in [5.74, 6) is -0.547. The van der Waals surface area contributed by atoms with Crippen molar-refractivity contribution in [1.82, 2.24) is 15.5 Å². The van der Waals surface area contributed by atoms with E-state index in [2.05, 4.69) is 20.8 Å². The minimum absolute atomic E-state index is 0.215. The Kier molecular flexibility index (Phi) is 5.51. The average molecular weight is 336 g/mol. The van der Waals surface area contributed by atoms with E-state index < -0.39 is 5.25 Å². The van der Waals surface area contributed by atoms with E-state index in [-0.39, 0.29) is 11.7 Å². The molecule has 0 spiro atoms. The third-order valence-corrected chi connectivity index (χ3v) is 5.10. The number of ketones is 1. The van der Waals surface area contributed by atoms with Crippen molar-refractivity contribution >= 4 is 45.6 Å². The van der Waals surface area contributed by atoms with E-state index >= 15 is 0 Å². The van der Waals surface area contributed by atoms with Gasteiger partial charge in [0.25, 0.3) is 0 Å². The van der Waals surface area contributed by atoms with Crippen LogP contribution in [0.3, 0.4) is 0 Å². The van der Waals surface area contributed by atoms with Gasteiger partial charge in [-0.2, -0.15) is 0 Å². The van der Waals surface area contributed by atoms with Crippen LogP contribution < -0.4 is 10.6 Å². The summed E-state index contributed by atoms with van der Waals surface area (Å²) in [4.78, 5) is 23.2. The van der Waals surface area contributed by atoms with E-state index in [1.807, 2.05) is 31.2 Å². The van der Waals surface area contributed by atoms with Gasteiger partial charge < -0.3 is 10.6 Å². The van der Waals surface area contributed by atoms with Gasteiger partial charge in [0, 0.05) is 12.7 Å². The predicted molar refractivity (Wildman–Crippen MR) is 88.8 cm³/mol. The lowest BCUT2D eigenvalue weighted by Gasteiger charge is -2.08. The Bertz CT molecular complexity index is 687. The summed E-state index contributed by atoms with van der Waals surface area (Å²) in [7, 11) is 1.50. The third kappa shape index (κ3) is 4.05. The van der Waals surface area contributed by atoms with Gasteiger partial charge in [-0.15, -0.1) is 10.2 Å². The number of Topliss-reactive ketones (excluding diaryl/α,β-unsaturated/α-hetero) is 1. The number of amides is 1. The van der Waals surface area contributed by atoms with Crippen molar-refractivity contribution < 1.29 is 9.59 Å². The van der Waals surface area contributed by atoms with Crippen LogP contribution in [-0.2, 0) is 9.59 Å². The monoisotopic (exact) mass is 336 g/mol. The minimum atomic E-state index is -0.802. The van der Waals surface area contributed by atoms with Gasteiger partial charge in [0.15, 0.2) is 10.1 Å². The number of aryl methyl sites for hydroxylation is 1. The molecule has 116 valence electrons. The number of hydrogen-bond acceptors (Lipinski definition) is 7. The molecule has 22 heavy (non-hydrogen) atoms. The summed E-state index contributed by atoms with van der Waals surface area (Å²) >= 11 is 2.42. The quantitative estimate of drug-likeness (QED) is 0.622. The number of carbonyl (C=O) groups excluding carboxylic acids is 2. The van der Waals surface area contributed by atoms with Gasteiger partial charge in [0.05, 0.1) is 0 Å². The zero-order valence-electron chi connectivity index (χ0n) is 12.4.